The third-order valence-electron chi connectivity index (χ3n) is 5.74. The summed E-state index contributed by atoms with van der Waals surface area (Å²) in [6.45, 7) is 7.56. The minimum atomic E-state index is 0.836. The molecule has 2 aliphatic carbocycles. The number of nitrogens with zero attached hydrogens (tertiary/aromatic N) is 1. The van der Waals surface area contributed by atoms with Crippen LogP contribution in [0.3, 0.4) is 0 Å². The van der Waals surface area contributed by atoms with Crippen LogP contribution < -0.4 is 5.32 Å². The van der Waals surface area contributed by atoms with Gasteiger partial charge >= 0.3 is 0 Å². The van der Waals surface area contributed by atoms with Crippen LogP contribution in [0.25, 0.3) is 0 Å². The van der Waals surface area contributed by atoms with E-state index in [1.807, 2.05) is 0 Å². The highest BCUT2D eigenvalue weighted by molar-refractivity contribution is 4.88. The molecular formula is C17H32N2. The Morgan fingerprint density at radius 1 is 0.947 bits per heavy atom. The Labute approximate surface area is 119 Å². The average molecular weight is 264 g/mol. The highest BCUT2D eigenvalue weighted by Crippen LogP contribution is 2.43. The topological polar surface area (TPSA) is 15.3 Å². The number of piperidine rings is 1. The Kier molecular flexibility index (Phi) is 4.81. The first-order valence-corrected chi connectivity index (χ1v) is 8.77. The Morgan fingerprint density at radius 3 is 2.47 bits per heavy atom. The van der Waals surface area contributed by atoms with Crippen LogP contribution in [0.1, 0.15) is 58.3 Å². The van der Waals surface area contributed by atoms with Crippen LogP contribution in [0.5, 0.6) is 0 Å². The van der Waals surface area contributed by atoms with Crippen molar-refractivity contribution in [2.75, 3.05) is 26.2 Å². The van der Waals surface area contributed by atoms with Gasteiger partial charge in [0.2, 0.25) is 0 Å². The molecular weight excluding hydrogens is 232 g/mol. The molecule has 1 N–H and O–H groups in total. The number of rotatable bonds is 5. The second-order valence-corrected chi connectivity index (χ2v) is 7.44. The minimum absolute atomic E-state index is 0.836. The van der Waals surface area contributed by atoms with Gasteiger partial charge in [0.25, 0.3) is 0 Å². The molecule has 1 aliphatic heterocycles. The molecule has 0 bridgehead atoms. The van der Waals surface area contributed by atoms with Crippen LogP contribution in [0, 0.1) is 17.8 Å². The molecule has 1 heterocycles. The molecule has 0 amide bonds. The first kappa shape index (κ1) is 13.9. The average Bonchev–Trinajstić information content (AvgIpc) is 3.26. The Hall–Kier alpha value is -0.0800. The molecule has 0 spiro atoms. The molecule has 3 fully saturated rings. The van der Waals surface area contributed by atoms with Crippen molar-refractivity contribution in [2.24, 2.45) is 17.8 Å². The molecule has 3 rings (SSSR count). The second-order valence-electron chi connectivity index (χ2n) is 7.44. The Morgan fingerprint density at radius 2 is 1.74 bits per heavy atom. The number of hydrogen-bond acceptors (Lipinski definition) is 2. The summed E-state index contributed by atoms with van der Waals surface area (Å²) in [5.41, 5.74) is 0. The molecule has 0 aromatic rings. The second kappa shape index (κ2) is 6.58. The van der Waals surface area contributed by atoms with E-state index in [0.717, 1.165) is 23.8 Å². The Balaban J connectivity index is 1.31. The lowest BCUT2D eigenvalue weighted by Crippen LogP contribution is -2.42. The van der Waals surface area contributed by atoms with Gasteiger partial charge < -0.3 is 10.2 Å². The molecule has 0 radical (unpaired) electrons. The van der Waals surface area contributed by atoms with Crippen LogP contribution in [0.2, 0.25) is 0 Å². The fourth-order valence-corrected chi connectivity index (χ4v) is 4.12. The van der Waals surface area contributed by atoms with Gasteiger partial charge in [-0.05, 0) is 69.4 Å². The summed E-state index contributed by atoms with van der Waals surface area (Å²) >= 11 is 0. The van der Waals surface area contributed by atoms with E-state index in [0.29, 0.717) is 0 Å². The maximum absolute atomic E-state index is 3.85. The fourth-order valence-electron chi connectivity index (χ4n) is 4.12. The van der Waals surface area contributed by atoms with E-state index in [9.17, 15) is 0 Å². The maximum Gasteiger partial charge on any atom is 0.0107 e. The predicted octanol–water partition coefficient (Wildman–Crippen LogP) is 3.28. The molecule has 0 aromatic heterocycles. The molecule has 110 valence electrons. The minimum Gasteiger partial charge on any atom is -0.313 e. The van der Waals surface area contributed by atoms with Gasteiger partial charge in [-0.15, -0.1) is 0 Å². The fraction of sp³-hybridized carbons (Fsp3) is 1.00. The normalized spacial score (nSPS) is 34.6. The summed E-state index contributed by atoms with van der Waals surface area (Å²) in [4.78, 5) is 2.66. The van der Waals surface area contributed by atoms with Crippen LogP contribution >= 0.6 is 0 Å². The SMILES string of the molecule is CC1CCN(CCNC2CCCC(C3CC3)C2)CC1. The highest BCUT2D eigenvalue weighted by Gasteiger charge is 2.34. The van der Waals surface area contributed by atoms with Gasteiger partial charge in [-0.3, -0.25) is 0 Å². The van der Waals surface area contributed by atoms with Crippen molar-refractivity contribution in [3.63, 3.8) is 0 Å². The molecule has 2 unspecified atom stereocenters. The molecule has 19 heavy (non-hydrogen) atoms. The lowest BCUT2D eigenvalue weighted by Gasteiger charge is -2.33. The van der Waals surface area contributed by atoms with Crippen molar-refractivity contribution in [1.29, 1.82) is 0 Å². The molecule has 2 atom stereocenters. The van der Waals surface area contributed by atoms with E-state index in [1.165, 1.54) is 77.5 Å². The smallest absolute Gasteiger partial charge is 0.0107 e. The van der Waals surface area contributed by atoms with E-state index in [4.69, 9.17) is 0 Å². The van der Waals surface area contributed by atoms with Gasteiger partial charge in [0.15, 0.2) is 0 Å². The first-order valence-electron chi connectivity index (χ1n) is 8.77. The number of hydrogen-bond donors (Lipinski definition) is 1. The molecule has 2 heteroatoms. The van der Waals surface area contributed by atoms with Crippen molar-refractivity contribution in [1.82, 2.24) is 10.2 Å². The standard InChI is InChI=1S/C17H32N2/c1-14-7-10-19(11-8-14)12-9-18-17-4-2-3-16(13-17)15-5-6-15/h14-18H,2-13H2,1H3. The third kappa shape index (κ3) is 4.19. The zero-order valence-corrected chi connectivity index (χ0v) is 12.7. The van der Waals surface area contributed by atoms with Crippen molar-refractivity contribution >= 4 is 0 Å². The predicted molar refractivity (Wildman–Crippen MR) is 81.3 cm³/mol. The lowest BCUT2D eigenvalue weighted by atomic mass is 9.83. The van der Waals surface area contributed by atoms with Crippen LogP contribution in [-0.4, -0.2) is 37.1 Å². The monoisotopic (exact) mass is 264 g/mol. The highest BCUT2D eigenvalue weighted by atomic mass is 15.1. The van der Waals surface area contributed by atoms with Crippen LogP contribution in [0.4, 0.5) is 0 Å². The molecule has 2 nitrogen and oxygen atoms in total. The van der Waals surface area contributed by atoms with Gasteiger partial charge in [0, 0.05) is 19.1 Å². The van der Waals surface area contributed by atoms with Crippen molar-refractivity contribution in [3.05, 3.63) is 0 Å². The molecule has 3 aliphatic rings. The van der Waals surface area contributed by atoms with E-state index in [-0.39, 0.29) is 0 Å². The molecule has 2 saturated carbocycles. The van der Waals surface area contributed by atoms with E-state index in [1.54, 1.807) is 0 Å². The summed E-state index contributed by atoms with van der Waals surface area (Å²) in [5, 5.41) is 3.85. The zero-order chi connectivity index (χ0) is 13.1. The first-order chi connectivity index (χ1) is 9.31. The quantitative estimate of drug-likeness (QED) is 0.820. The van der Waals surface area contributed by atoms with Gasteiger partial charge in [-0.25, -0.2) is 0 Å². The van der Waals surface area contributed by atoms with Crippen LogP contribution in [0.15, 0.2) is 0 Å². The largest absolute Gasteiger partial charge is 0.313 e. The molecule has 0 aromatic carbocycles. The maximum atomic E-state index is 3.85. The number of likely N-dealkylation sites (tertiary alicyclic amines) is 1. The van der Waals surface area contributed by atoms with E-state index in [2.05, 4.69) is 17.1 Å². The van der Waals surface area contributed by atoms with Crippen LogP contribution in [-0.2, 0) is 0 Å². The van der Waals surface area contributed by atoms with Crippen molar-refractivity contribution in [2.45, 2.75) is 64.3 Å². The summed E-state index contributed by atoms with van der Waals surface area (Å²) in [6.07, 6.45) is 11.8. The van der Waals surface area contributed by atoms with Crippen molar-refractivity contribution in [3.8, 4) is 0 Å². The van der Waals surface area contributed by atoms with Crippen molar-refractivity contribution < 1.29 is 0 Å². The Bertz CT molecular complexity index is 266. The van der Waals surface area contributed by atoms with Gasteiger partial charge in [0.1, 0.15) is 0 Å². The number of nitrogens with one attached hydrogen (secondary N) is 1. The summed E-state index contributed by atoms with van der Waals surface area (Å²) in [5.74, 6) is 3.15. The van der Waals surface area contributed by atoms with E-state index >= 15 is 0 Å². The van der Waals surface area contributed by atoms with E-state index < -0.39 is 0 Å². The zero-order valence-electron chi connectivity index (χ0n) is 12.7. The summed E-state index contributed by atoms with van der Waals surface area (Å²) in [6, 6.07) is 0.836. The lowest BCUT2D eigenvalue weighted by molar-refractivity contribution is 0.185. The summed E-state index contributed by atoms with van der Waals surface area (Å²) < 4.78 is 0. The van der Waals surface area contributed by atoms with Gasteiger partial charge in [0.05, 0.1) is 0 Å². The van der Waals surface area contributed by atoms with Gasteiger partial charge in [-0.2, -0.15) is 0 Å². The third-order valence-corrected chi connectivity index (χ3v) is 5.74. The summed E-state index contributed by atoms with van der Waals surface area (Å²) in [7, 11) is 0. The molecule has 1 saturated heterocycles. The van der Waals surface area contributed by atoms with Gasteiger partial charge in [-0.1, -0.05) is 19.8 Å².